The summed E-state index contributed by atoms with van der Waals surface area (Å²) in [4.78, 5) is 19.1. The van der Waals surface area contributed by atoms with Gasteiger partial charge >= 0.3 is 0 Å². The number of nitrogens with zero attached hydrogens (tertiary/aromatic N) is 3. The second-order valence-corrected chi connectivity index (χ2v) is 4.06. The monoisotopic (exact) mass is 227 g/mol. The summed E-state index contributed by atoms with van der Waals surface area (Å²) in [6.07, 6.45) is 4.16. The zero-order valence-corrected chi connectivity index (χ0v) is 8.84. The van der Waals surface area contributed by atoms with Gasteiger partial charge in [0.05, 0.1) is 5.69 Å². The van der Waals surface area contributed by atoms with E-state index in [1.54, 1.807) is 10.9 Å². The third-order valence-corrected chi connectivity index (χ3v) is 3.03. The van der Waals surface area contributed by atoms with Crippen LogP contribution in [0.1, 0.15) is 15.4 Å². The van der Waals surface area contributed by atoms with Gasteiger partial charge in [-0.3, -0.25) is 9.36 Å². The Morgan fingerprint density at radius 1 is 1.64 bits per heavy atom. The molecular formula is C8H6ClN3OS. The van der Waals surface area contributed by atoms with Crippen LogP contribution >= 0.6 is 22.9 Å². The van der Waals surface area contributed by atoms with Gasteiger partial charge in [-0.15, -0.1) is 0 Å². The number of hydrogen-bond acceptors (Lipinski definition) is 4. The van der Waals surface area contributed by atoms with E-state index >= 15 is 0 Å². The van der Waals surface area contributed by atoms with E-state index in [-0.39, 0.29) is 5.15 Å². The average molecular weight is 228 g/mol. The molecule has 0 N–H and O–H groups in total. The van der Waals surface area contributed by atoms with Crippen molar-refractivity contribution in [3.8, 4) is 5.13 Å². The van der Waals surface area contributed by atoms with E-state index in [0.29, 0.717) is 16.3 Å². The molecule has 0 bridgehead atoms. The first-order chi connectivity index (χ1) is 6.70. The Balaban J connectivity index is 2.47. The highest BCUT2D eigenvalue weighted by atomic mass is 35.5. The second kappa shape index (κ2) is 3.51. The topological polar surface area (TPSA) is 47.8 Å². The zero-order valence-electron chi connectivity index (χ0n) is 7.27. The van der Waals surface area contributed by atoms with Crippen molar-refractivity contribution in [3.63, 3.8) is 0 Å². The number of thiazole rings is 1. The Labute approximate surface area is 89.2 Å². The zero-order chi connectivity index (χ0) is 10.1. The average Bonchev–Trinajstić information content (AvgIpc) is 2.71. The van der Waals surface area contributed by atoms with Crippen molar-refractivity contribution in [1.82, 2.24) is 14.5 Å². The maximum Gasteiger partial charge on any atom is 0.196 e. The van der Waals surface area contributed by atoms with Crippen molar-refractivity contribution >= 4 is 29.2 Å². The van der Waals surface area contributed by atoms with E-state index in [4.69, 9.17) is 11.6 Å². The Morgan fingerprint density at radius 2 is 2.43 bits per heavy atom. The summed E-state index contributed by atoms with van der Waals surface area (Å²) in [5.41, 5.74) is 0.893. The number of aldehydes is 1. The first-order valence-corrected chi connectivity index (χ1v) is 5.02. The lowest BCUT2D eigenvalue weighted by Crippen LogP contribution is -1.86. The number of hydrogen-bond donors (Lipinski definition) is 0. The fraction of sp³-hybridized carbons (Fsp3) is 0.125. The van der Waals surface area contributed by atoms with E-state index in [1.807, 2.05) is 13.1 Å². The van der Waals surface area contributed by atoms with Crippen LogP contribution < -0.4 is 0 Å². The predicted octanol–water partition coefficient (Wildman–Crippen LogP) is 2.10. The maximum absolute atomic E-state index is 10.5. The van der Waals surface area contributed by atoms with E-state index in [9.17, 15) is 4.79 Å². The van der Waals surface area contributed by atoms with Crippen molar-refractivity contribution in [2.45, 2.75) is 6.92 Å². The molecule has 2 heterocycles. The van der Waals surface area contributed by atoms with Gasteiger partial charge in [0.2, 0.25) is 0 Å². The quantitative estimate of drug-likeness (QED) is 0.739. The number of carbonyl (C=O) groups is 1. The van der Waals surface area contributed by atoms with Crippen molar-refractivity contribution < 1.29 is 4.79 Å². The molecule has 72 valence electrons. The van der Waals surface area contributed by atoms with Gasteiger partial charge in [0.1, 0.15) is 11.2 Å². The highest BCUT2D eigenvalue weighted by Crippen LogP contribution is 2.23. The van der Waals surface area contributed by atoms with Gasteiger partial charge in [-0.25, -0.2) is 9.97 Å². The Hall–Kier alpha value is -1.20. The fourth-order valence-corrected chi connectivity index (χ4v) is 2.02. The third kappa shape index (κ3) is 1.56. The SMILES string of the molecule is Cc1cn(-c2nc(Cl)c(C=O)s2)cn1. The molecule has 2 rings (SSSR count). The molecule has 0 aliphatic heterocycles. The lowest BCUT2D eigenvalue weighted by Gasteiger charge is -1.91. The van der Waals surface area contributed by atoms with Crippen molar-refractivity contribution in [2.24, 2.45) is 0 Å². The van der Waals surface area contributed by atoms with Crippen molar-refractivity contribution in [1.29, 1.82) is 0 Å². The van der Waals surface area contributed by atoms with Crippen LogP contribution in [0.5, 0.6) is 0 Å². The van der Waals surface area contributed by atoms with Crippen LogP contribution in [0.4, 0.5) is 0 Å². The summed E-state index contributed by atoms with van der Waals surface area (Å²) < 4.78 is 1.74. The molecule has 0 fully saturated rings. The van der Waals surface area contributed by atoms with Gasteiger partial charge in [-0.1, -0.05) is 22.9 Å². The van der Waals surface area contributed by atoms with Gasteiger partial charge in [0, 0.05) is 6.20 Å². The number of halogens is 1. The lowest BCUT2D eigenvalue weighted by atomic mass is 10.6. The predicted molar refractivity (Wildman–Crippen MR) is 54.4 cm³/mol. The first kappa shape index (κ1) is 9.36. The van der Waals surface area contributed by atoms with Crippen LogP contribution in [0.3, 0.4) is 0 Å². The minimum Gasteiger partial charge on any atom is -0.297 e. The molecule has 6 heteroatoms. The normalized spacial score (nSPS) is 10.4. The molecule has 0 spiro atoms. The molecule has 0 aliphatic carbocycles. The maximum atomic E-state index is 10.5. The van der Waals surface area contributed by atoms with E-state index in [2.05, 4.69) is 9.97 Å². The van der Waals surface area contributed by atoms with Crippen LogP contribution in [0.25, 0.3) is 5.13 Å². The number of carbonyl (C=O) groups excluding carboxylic acids is 1. The molecule has 2 aromatic rings. The van der Waals surface area contributed by atoms with Gasteiger partial charge in [0.25, 0.3) is 0 Å². The highest BCUT2D eigenvalue weighted by molar-refractivity contribution is 7.16. The van der Waals surface area contributed by atoms with Crippen LogP contribution in [-0.4, -0.2) is 20.8 Å². The molecule has 0 atom stereocenters. The van der Waals surface area contributed by atoms with Gasteiger partial charge in [-0.05, 0) is 6.92 Å². The third-order valence-electron chi connectivity index (χ3n) is 1.64. The summed E-state index contributed by atoms with van der Waals surface area (Å²) in [6.45, 7) is 1.88. The summed E-state index contributed by atoms with van der Waals surface area (Å²) in [5.74, 6) is 0. The molecule has 0 amide bonds. The number of aromatic nitrogens is 3. The van der Waals surface area contributed by atoms with Crippen LogP contribution in [0.15, 0.2) is 12.5 Å². The van der Waals surface area contributed by atoms with Crippen LogP contribution in [0, 0.1) is 6.92 Å². The summed E-state index contributed by atoms with van der Waals surface area (Å²) >= 11 is 6.97. The largest absolute Gasteiger partial charge is 0.297 e. The van der Waals surface area contributed by atoms with E-state index < -0.39 is 0 Å². The Morgan fingerprint density at radius 3 is 2.93 bits per heavy atom. The minimum atomic E-state index is 0.242. The number of aryl methyl sites for hydroxylation is 1. The fourth-order valence-electron chi connectivity index (χ4n) is 1.01. The first-order valence-electron chi connectivity index (χ1n) is 3.83. The summed E-state index contributed by atoms with van der Waals surface area (Å²) in [7, 11) is 0. The minimum absolute atomic E-state index is 0.242. The smallest absolute Gasteiger partial charge is 0.196 e. The van der Waals surface area contributed by atoms with Gasteiger partial charge < -0.3 is 0 Å². The second-order valence-electron chi connectivity index (χ2n) is 2.69. The number of rotatable bonds is 2. The molecule has 0 saturated carbocycles. The highest BCUT2D eigenvalue weighted by Gasteiger charge is 2.09. The van der Waals surface area contributed by atoms with Crippen LogP contribution in [0.2, 0.25) is 5.15 Å². The molecule has 0 aliphatic rings. The number of imidazole rings is 1. The summed E-state index contributed by atoms with van der Waals surface area (Å²) in [6, 6.07) is 0. The Kier molecular flexibility index (Phi) is 2.35. The molecule has 14 heavy (non-hydrogen) atoms. The van der Waals surface area contributed by atoms with Gasteiger partial charge in [-0.2, -0.15) is 0 Å². The molecular weight excluding hydrogens is 222 g/mol. The standard InChI is InChI=1S/C8H6ClN3OS/c1-5-2-12(4-10-5)8-11-7(9)6(3-13)14-8/h2-4H,1H3. The molecule has 2 aromatic heterocycles. The van der Waals surface area contributed by atoms with Crippen LogP contribution in [-0.2, 0) is 0 Å². The molecule has 0 saturated heterocycles. The van der Waals surface area contributed by atoms with E-state index in [0.717, 1.165) is 5.69 Å². The Bertz CT molecular complexity index is 477. The lowest BCUT2D eigenvalue weighted by molar-refractivity contribution is 0.112. The van der Waals surface area contributed by atoms with Crippen molar-refractivity contribution in [3.05, 3.63) is 28.2 Å². The summed E-state index contributed by atoms with van der Waals surface area (Å²) in [5, 5.41) is 0.893. The van der Waals surface area contributed by atoms with Gasteiger partial charge in [0.15, 0.2) is 16.6 Å². The molecule has 0 unspecified atom stereocenters. The molecule has 0 radical (unpaired) electrons. The molecule has 0 aromatic carbocycles. The van der Waals surface area contributed by atoms with Crippen molar-refractivity contribution in [2.75, 3.05) is 0 Å². The van der Waals surface area contributed by atoms with E-state index in [1.165, 1.54) is 11.3 Å². The molecule has 4 nitrogen and oxygen atoms in total.